The number of nitrogens with one attached hydrogen (secondary N) is 1. The van der Waals surface area contributed by atoms with Crippen LogP contribution in [0.4, 0.5) is 0 Å². The first kappa shape index (κ1) is 13.4. The summed E-state index contributed by atoms with van der Waals surface area (Å²) in [6, 6.07) is 0. The Bertz CT molecular complexity index is 215. The number of ether oxygens (including phenoxy) is 1. The Balaban J connectivity index is 2.23. The summed E-state index contributed by atoms with van der Waals surface area (Å²) < 4.78 is 5.42. The molecule has 5 heteroatoms. The van der Waals surface area contributed by atoms with Gasteiger partial charge in [-0.15, -0.1) is 0 Å². The van der Waals surface area contributed by atoms with Gasteiger partial charge in [-0.2, -0.15) is 0 Å². The van der Waals surface area contributed by atoms with Crippen molar-refractivity contribution in [1.29, 1.82) is 0 Å². The van der Waals surface area contributed by atoms with Crippen molar-refractivity contribution in [3.63, 3.8) is 0 Å². The number of nitrogens with zero attached hydrogens (tertiary/aromatic N) is 2. The summed E-state index contributed by atoms with van der Waals surface area (Å²) in [6.45, 7) is 3.89. The second-order valence-corrected chi connectivity index (χ2v) is 4.48. The molecule has 0 saturated carbocycles. The number of likely N-dealkylation sites (N-methyl/N-ethyl adjacent to an activating group) is 1. The standard InChI is InChI=1S/C11H23N3O2/c1-13(2)6-4-7-14(3)11(15)10-9-12-5-8-16-10/h10,12H,4-9H2,1-3H3. The molecule has 16 heavy (non-hydrogen) atoms. The van der Waals surface area contributed by atoms with Crippen molar-refractivity contribution in [2.45, 2.75) is 12.5 Å². The first-order valence-corrected chi connectivity index (χ1v) is 5.83. The third-order valence-corrected chi connectivity index (χ3v) is 2.68. The van der Waals surface area contributed by atoms with E-state index in [1.165, 1.54) is 0 Å². The van der Waals surface area contributed by atoms with Crippen LogP contribution in [0.15, 0.2) is 0 Å². The lowest BCUT2D eigenvalue weighted by Crippen LogP contribution is -2.48. The molecular weight excluding hydrogens is 206 g/mol. The van der Waals surface area contributed by atoms with Gasteiger partial charge >= 0.3 is 0 Å². The van der Waals surface area contributed by atoms with Crippen LogP contribution < -0.4 is 5.32 Å². The summed E-state index contributed by atoms with van der Waals surface area (Å²) in [7, 11) is 5.92. The molecule has 0 spiro atoms. The molecule has 5 nitrogen and oxygen atoms in total. The highest BCUT2D eigenvalue weighted by Gasteiger charge is 2.24. The van der Waals surface area contributed by atoms with Crippen LogP contribution >= 0.6 is 0 Å². The third kappa shape index (κ3) is 4.47. The summed E-state index contributed by atoms with van der Waals surface area (Å²) in [5, 5.41) is 3.16. The molecular formula is C11H23N3O2. The van der Waals surface area contributed by atoms with Gasteiger partial charge in [0.25, 0.3) is 5.91 Å². The molecule has 0 radical (unpaired) electrons. The van der Waals surface area contributed by atoms with E-state index in [0.29, 0.717) is 13.2 Å². The molecule has 1 rings (SSSR count). The van der Waals surface area contributed by atoms with E-state index < -0.39 is 0 Å². The van der Waals surface area contributed by atoms with Gasteiger partial charge in [0, 0.05) is 26.7 Å². The minimum atomic E-state index is -0.293. The Kier molecular flexibility index (Phi) is 5.73. The fourth-order valence-corrected chi connectivity index (χ4v) is 1.70. The average Bonchev–Trinajstić information content (AvgIpc) is 2.28. The Morgan fingerprint density at radius 2 is 2.12 bits per heavy atom. The van der Waals surface area contributed by atoms with Crippen molar-refractivity contribution in [1.82, 2.24) is 15.1 Å². The quantitative estimate of drug-likeness (QED) is 0.683. The lowest BCUT2D eigenvalue weighted by Gasteiger charge is -2.27. The number of morpholine rings is 1. The molecule has 1 fully saturated rings. The lowest BCUT2D eigenvalue weighted by molar-refractivity contribution is -0.143. The number of carbonyl (C=O) groups is 1. The van der Waals surface area contributed by atoms with E-state index >= 15 is 0 Å². The van der Waals surface area contributed by atoms with Crippen LogP contribution in [0.1, 0.15) is 6.42 Å². The lowest BCUT2D eigenvalue weighted by atomic mass is 10.2. The van der Waals surface area contributed by atoms with Gasteiger partial charge in [0.15, 0.2) is 0 Å². The highest BCUT2D eigenvalue weighted by Crippen LogP contribution is 2.01. The van der Waals surface area contributed by atoms with Gasteiger partial charge in [0.1, 0.15) is 6.10 Å². The molecule has 1 aliphatic rings. The molecule has 1 heterocycles. The predicted molar refractivity (Wildman–Crippen MR) is 63.4 cm³/mol. The van der Waals surface area contributed by atoms with Crippen LogP contribution in [0, 0.1) is 0 Å². The summed E-state index contributed by atoms with van der Waals surface area (Å²) in [4.78, 5) is 15.8. The van der Waals surface area contributed by atoms with E-state index in [9.17, 15) is 4.79 Å². The maximum atomic E-state index is 11.9. The van der Waals surface area contributed by atoms with Crippen molar-refractivity contribution in [3.8, 4) is 0 Å². The van der Waals surface area contributed by atoms with Crippen LogP contribution in [-0.2, 0) is 9.53 Å². The molecule has 1 amide bonds. The van der Waals surface area contributed by atoms with E-state index in [0.717, 1.165) is 26.1 Å². The zero-order valence-corrected chi connectivity index (χ0v) is 10.5. The highest BCUT2D eigenvalue weighted by molar-refractivity contribution is 5.81. The molecule has 0 bridgehead atoms. The summed E-state index contributed by atoms with van der Waals surface area (Å²) in [5.74, 6) is 0.0888. The van der Waals surface area contributed by atoms with Crippen molar-refractivity contribution in [2.24, 2.45) is 0 Å². The number of amides is 1. The zero-order chi connectivity index (χ0) is 12.0. The van der Waals surface area contributed by atoms with Crippen molar-refractivity contribution >= 4 is 5.91 Å². The number of hydrogen-bond donors (Lipinski definition) is 1. The van der Waals surface area contributed by atoms with E-state index in [4.69, 9.17) is 4.74 Å². The Labute approximate surface area is 97.7 Å². The minimum Gasteiger partial charge on any atom is -0.366 e. The van der Waals surface area contributed by atoms with Gasteiger partial charge in [-0.05, 0) is 27.1 Å². The second kappa shape index (κ2) is 6.83. The van der Waals surface area contributed by atoms with E-state index in [2.05, 4.69) is 10.2 Å². The number of rotatable bonds is 5. The van der Waals surface area contributed by atoms with Crippen molar-refractivity contribution < 1.29 is 9.53 Å². The maximum absolute atomic E-state index is 11.9. The van der Waals surface area contributed by atoms with Crippen LogP contribution in [0.5, 0.6) is 0 Å². The molecule has 0 aromatic heterocycles. The predicted octanol–water partition coefficient (Wildman–Crippen LogP) is -0.615. The molecule has 1 unspecified atom stereocenters. The van der Waals surface area contributed by atoms with Crippen LogP contribution in [0.2, 0.25) is 0 Å². The van der Waals surface area contributed by atoms with Gasteiger partial charge < -0.3 is 19.9 Å². The van der Waals surface area contributed by atoms with Gasteiger partial charge in [0.2, 0.25) is 0 Å². The van der Waals surface area contributed by atoms with Gasteiger partial charge in [-0.1, -0.05) is 0 Å². The van der Waals surface area contributed by atoms with Crippen LogP contribution in [-0.4, -0.2) is 75.7 Å². The molecule has 0 aromatic carbocycles. The first-order chi connectivity index (χ1) is 7.61. The second-order valence-electron chi connectivity index (χ2n) is 4.48. The van der Waals surface area contributed by atoms with Crippen molar-refractivity contribution in [3.05, 3.63) is 0 Å². The zero-order valence-electron chi connectivity index (χ0n) is 10.5. The highest BCUT2D eigenvalue weighted by atomic mass is 16.5. The molecule has 94 valence electrons. The fourth-order valence-electron chi connectivity index (χ4n) is 1.70. The van der Waals surface area contributed by atoms with E-state index in [-0.39, 0.29) is 12.0 Å². The third-order valence-electron chi connectivity index (χ3n) is 2.68. The smallest absolute Gasteiger partial charge is 0.252 e. The van der Waals surface area contributed by atoms with Gasteiger partial charge in [-0.3, -0.25) is 4.79 Å². The van der Waals surface area contributed by atoms with Gasteiger partial charge in [-0.25, -0.2) is 0 Å². The summed E-state index contributed by atoms with van der Waals surface area (Å²) in [6.07, 6.45) is 0.702. The molecule has 0 aliphatic carbocycles. The topological polar surface area (TPSA) is 44.8 Å². The first-order valence-electron chi connectivity index (χ1n) is 5.83. The molecule has 1 saturated heterocycles. The SMILES string of the molecule is CN(C)CCCN(C)C(=O)C1CNCCO1. The monoisotopic (exact) mass is 229 g/mol. The number of carbonyl (C=O) groups excluding carboxylic acids is 1. The molecule has 1 N–H and O–H groups in total. The maximum Gasteiger partial charge on any atom is 0.252 e. The minimum absolute atomic E-state index is 0.0888. The normalized spacial score (nSPS) is 21.1. The summed E-state index contributed by atoms with van der Waals surface area (Å²) >= 11 is 0. The Morgan fingerprint density at radius 1 is 1.38 bits per heavy atom. The Morgan fingerprint density at radius 3 is 2.69 bits per heavy atom. The number of hydrogen-bond acceptors (Lipinski definition) is 4. The molecule has 1 aliphatic heterocycles. The largest absolute Gasteiger partial charge is 0.366 e. The molecule has 0 aromatic rings. The van der Waals surface area contributed by atoms with Crippen LogP contribution in [0.25, 0.3) is 0 Å². The van der Waals surface area contributed by atoms with Crippen LogP contribution in [0.3, 0.4) is 0 Å². The van der Waals surface area contributed by atoms with Crippen molar-refractivity contribution in [2.75, 3.05) is 53.9 Å². The average molecular weight is 229 g/mol. The Hall–Kier alpha value is -0.650. The van der Waals surface area contributed by atoms with E-state index in [1.54, 1.807) is 4.90 Å². The summed E-state index contributed by atoms with van der Waals surface area (Å²) in [5.41, 5.74) is 0. The fraction of sp³-hybridized carbons (Fsp3) is 0.909. The van der Waals surface area contributed by atoms with Gasteiger partial charge in [0.05, 0.1) is 6.61 Å². The molecule has 1 atom stereocenters. The van der Waals surface area contributed by atoms with E-state index in [1.807, 2.05) is 21.1 Å².